The molecule has 2 aromatic rings. The molecule has 0 aromatic heterocycles. The van der Waals surface area contributed by atoms with E-state index in [0.717, 1.165) is 29.8 Å². The molecular weight excluding hydrogens is 368 g/mol. The van der Waals surface area contributed by atoms with Gasteiger partial charge in [0.1, 0.15) is 0 Å². The minimum Gasteiger partial charge on any atom is -0.455 e. The number of anilines is 1. The van der Waals surface area contributed by atoms with Crippen molar-refractivity contribution in [2.75, 3.05) is 24.6 Å². The Hall–Kier alpha value is -3.15. The summed E-state index contributed by atoms with van der Waals surface area (Å²) < 4.78 is 5.18. The Morgan fingerprint density at radius 1 is 1.03 bits per heavy atom. The Bertz CT molecular complexity index is 849. The molecule has 2 aromatic carbocycles. The van der Waals surface area contributed by atoms with Gasteiger partial charge in [0.25, 0.3) is 5.91 Å². The number of ether oxygens (including phenoxy) is 1. The zero-order chi connectivity index (χ0) is 20.6. The predicted octanol–water partition coefficient (Wildman–Crippen LogP) is 2.95. The van der Waals surface area contributed by atoms with Crippen molar-refractivity contribution in [3.8, 4) is 0 Å². The quantitative estimate of drug-likeness (QED) is 0.646. The number of hydrogen-bond donors (Lipinski definition) is 0. The molecular formula is C23H26N2O4. The normalized spacial score (nSPS) is 13.4. The van der Waals surface area contributed by atoms with Crippen molar-refractivity contribution in [2.24, 2.45) is 0 Å². The first-order valence-corrected chi connectivity index (χ1v) is 9.93. The Morgan fingerprint density at radius 2 is 1.76 bits per heavy atom. The molecule has 0 unspecified atom stereocenters. The first-order valence-electron chi connectivity index (χ1n) is 9.93. The molecule has 2 amide bonds. The van der Waals surface area contributed by atoms with Gasteiger partial charge in [0.2, 0.25) is 5.91 Å². The van der Waals surface area contributed by atoms with Crippen LogP contribution in [0, 0.1) is 0 Å². The van der Waals surface area contributed by atoms with Crippen molar-refractivity contribution in [2.45, 2.75) is 32.7 Å². The molecule has 0 saturated carbocycles. The van der Waals surface area contributed by atoms with Gasteiger partial charge < -0.3 is 14.5 Å². The number of amides is 2. The second-order valence-electron chi connectivity index (χ2n) is 7.05. The number of carbonyl (C=O) groups is 3. The van der Waals surface area contributed by atoms with Crippen LogP contribution in [0.5, 0.6) is 0 Å². The van der Waals surface area contributed by atoms with E-state index in [1.54, 1.807) is 9.80 Å². The van der Waals surface area contributed by atoms with Crippen molar-refractivity contribution in [3.05, 3.63) is 65.7 Å². The van der Waals surface area contributed by atoms with E-state index in [1.807, 2.05) is 61.5 Å². The predicted molar refractivity (Wildman–Crippen MR) is 110 cm³/mol. The van der Waals surface area contributed by atoms with Crippen LogP contribution in [-0.2, 0) is 32.1 Å². The van der Waals surface area contributed by atoms with Crippen LogP contribution in [0.15, 0.2) is 54.6 Å². The minimum atomic E-state index is -0.445. The van der Waals surface area contributed by atoms with Crippen molar-refractivity contribution >= 4 is 23.5 Å². The van der Waals surface area contributed by atoms with Crippen LogP contribution < -0.4 is 4.90 Å². The van der Waals surface area contributed by atoms with E-state index in [4.69, 9.17) is 4.74 Å². The monoisotopic (exact) mass is 394 g/mol. The van der Waals surface area contributed by atoms with Crippen LogP contribution in [0.2, 0.25) is 0 Å². The molecule has 0 atom stereocenters. The Labute approximate surface area is 171 Å². The lowest BCUT2D eigenvalue weighted by atomic mass is 10.1. The van der Waals surface area contributed by atoms with Gasteiger partial charge in [-0.1, -0.05) is 42.5 Å². The molecule has 29 heavy (non-hydrogen) atoms. The van der Waals surface area contributed by atoms with Crippen LogP contribution in [-0.4, -0.2) is 42.4 Å². The second kappa shape index (κ2) is 9.87. The lowest BCUT2D eigenvalue weighted by Crippen LogP contribution is -2.34. The van der Waals surface area contributed by atoms with Gasteiger partial charge in [0.15, 0.2) is 6.61 Å². The third-order valence-corrected chi connectivity index (χ3v) is 4.98. The summed E-state index contributed by atoms with van der Waals surface area (Å²) in [5.74, 6) is -0.529. The molecule has 0 radical (unpaired) electrons. The Kier molecular flexibility index (Phi) is 7.00. The molecule has 0 N–H and O–H groups in total. The molecule has 3 rings (SSSR count). The zero-order valence-electron chi connectivity index (χ0n) is 16.7. The molecule has 1 aliphatic rings. The molecule has 152 valence electrons. The molecule has 6 heteroatoms. The number of esters is 1. The van der Waals surface area contributed by atoms with E-state index in [9.17, 15) is 14.4 Å². The van der Waals surface area contributed by atoms with E-state index in [1.165, 1.54) is 0 Å². The highest BCUT2D eigenvalue weighted by atomic mass is 16.5. The lowest BCUT2D eigenvalue weighted by Gasteiger charge is -2.21. The van der Waals surface area contributed by atoms with Crippen LogP contribution in [0.3, 0.4) is 0 Å². The first-order chi connectivity index (χ1) is 14.1. The SMILES string of the molecule is CCN(Cc1ccccc1)C(=O)COC(=O)Cc1ccc(N2CCCC2=O)cc1. The van der Waals surface area contributed by atoms with E-state index in [-0.39, 0.29) is 24.8 Å². The number of nitrogens with zero attached hydrogens (tertiary/aromatic N) is 2. The summed E-state index contributed by atoms with van der Waals surface area (Å²) in [4.78, 5) is 39.7. The van der Waals surface area contributed by atoms with E-state index in [2.05, 4.69) is 0 Å². The van der Waals surface area contributed by atoms with Crippen LogP contribution in [0.1, 0.15) is 30.9 Å². The molecule has 6 nitrogen and oxygen atoms in total. The molecule has 1 fully saturated rings. The second-order valence-corrected chi connectivity index (χ2v) is 7.05. The van der Waals surface area contributed by atoms with Gasteiger partial charge in [-0.15, -0.1) is 0 Å². The molecule has 1 saturated heterocycles. The maximum Gasteiger partial charge on any atom is 0.310 e. The summed E-state index contributed by atoms with van der Waals surface area (Å²) in [5, 5.41) is 0. The highest BCUT2D eigenvalue weighted by Crippen LogP contribution is 2.21. The molecule has 0 bridgehead atoms. The van der Waals surface area contributed by atoms with Crippen molar-refractivity contribution < 1.29 is 19.1 Å². The fourth-order valence-corrected chi connectivity index (χ4v) is 3.35. The fraction of sp³-hybridized carbons (Fsp3) is 0.348. The summed E-state index contributed by atoms with van der Waals surface area (Å²) in [5.41, 5.74) is 2.67. The Morgan fingerprint density at radius 3 is 2.38 bits per heavy atom. The third kappa shape index (κ3) is 5.67. The van der Waals surface area contributed by atoms with Crippen LogP contribution >= 0.6 is 0 Å². The van der Waals surface area contributed by atoms with Crippen molar-refractivity contribution in [3.63, 3.8) is 0 Å². The third-order valence-electron chi connectivity index (χ3n) is 4.98. The lowest BCUT2D eigenvalue weighted by molar-refractivity contribution is -0.151. The summed E-state index contributed by atoms with van der Waals surface area (Å²) >= 11 is 0. The summed E-state index contributed by atoms with van der Waals surface area (Å²) in [6.45, 7) is 3.40. The standard InChI is InChI=1S/C23H26N2O4/c1-2-24(16-19-7-4-3-5-8-19)22(27)17-29-23(28)15-18-10-12-20(13-11-18)25-14-6-9-21(25)26/h3-5,7-8,10-13H,2,6,9,14-17H2,1H3. The van der Waals surface area contributed by atoms with Gasteiger partial charge in [0.05, 0.1) is 6.42 Å². The van der Waals surface area contributed by atoms with Crippen molar-refractivity contribution in [1.29, 1.82) is 0 Å². The highest BCUT2D eigenvalue weighted by Gasteiger charge is 2.21. The highest BCUT2D eigenvalue weighted by molar-refractivity contribution is 5.95. The smallest absolute Gasteiger partial charge is 0.310 e. The van der Waals surface area contributed by atoms with E-state index >= 15 is 0 Å². The molecule has 1 aliphatic heterocycles. The summed E-state index contributed by atoms with van der Waals surface area (Å²) in [6, 6.07) is 17.0. The molecule has 1 heterocycles. The van der Waals surface area contributed by atoms with Gasteiger partial charge >= 0.3 is 5.97 Å². The van der Waals surface area contributed by atoms with Crippen molar-refractivity contribution in [1.82, 2.24) is 4.90 Å². The fourth-order valence-electron chi connectivity index (χ4n) is 3.35. The van der Waals surface area contributed by atoms with Gasteiger partial charge in [-0.2, -0.15) is 0 Å². The topological polar surface area (TPSA) is 66.9 Å². The molecule has 0 aliphatic carbocycles. The number of benzene rings is 2. The average molecular weight is 394 g/mol. The summed E-state index contributed by atoms with van der Waals surface area (Å²) in [7, 11) is 0. The number of carbonyl (C=O) groups excluding carboxylic acids is 3. The van der Waals surface area contributed by atoms with Crippen LogP contribution in [0.4, 0.5) is 5.69 Å². The number of rotatable bonds is 8. The van der Waals surface area contributed by atoms with E-state index < -0.39 is 5.97 Å². The number of hydrogen-bond acceptors (Lipinski definition) is 4. The van der Waals surface area contributed by atoms with Gasteiger partial charge in [-0.3, -0.25) is 14.4 Å². The van der Waals surface area contributed by atoms with Gasteiger partial charge in [-0.25, -0.2) is 0 Å². The summed E-state index contributed by atoms with van der Waals surface area (Å²) in [6.07, 6.45) is 1.55. The maximum absolute atomic E-state index is 12.4. The van der Waals surface area contributed by atoms with Crippen LogP contribution in [0.25, 0.3) is 0 Å². The average Bonchev–Trinajstić information content (AvgIpc) is 3.17. The zero-order valence-corrected chi connectivity index (χ0v) is 16.7. The van der Waals surface area contributed by atoms with Gasteiger partial charge in [-0.05, 0) is 36.6 Å². The molecule has 0 spiro atoms. The van der Waals surface area contributed by atoms with E-state index in [0.29, 0.717) is 19.5 Å². The number of likely N-dealkylation sites (N-methyl/N-ethyl adjacent to an activating group) is 1. The minimum absolute atomic E-state index is 0.0896. The largest absolute Gasteiger partial charge is 0.455 e. The first kappa shape index (κ1) is 20.6. The van der Waals surface area contributed by atoms with Gasteiger partial charge in [0, 0.05) is 31.7 Å². The maximum atomic E-state index is 12.4. The Balaban J connectivity index is 1.47.